The molecule has 3 atom stereocenters. The minimum Gasteiger partial charge on any atom is -0.372 e. The quantitative estimate of drug-likeness (QED) is 0.830. The fraction of sp³-hybridized carbons (Fsp3) is 0.571. The Morgan fingerprint density at radius 2 is 1.94 bits per heavy atom. The maximum atomic E-state index is 6.36. The SMILES string of the molecule is CC1C[C@H]([C@@H](N)c2ccccc2)C(C)(C)O1. The van der Waals surface area contributed by atoms with Gasteiger partial charge in [-0.3, -0.25) is 0 Å². The van der Waals surface area contributed by atoms with E-state index in [2.05, 4.69) is 32.9 Å². The number of rotatable bonds is 2. The van der Waals surface area contributed by atoms with Gasteiger partial charge in [-0.2, -0.15) is 0 Å². The zero-order valence-electron chi connectivity index (χ0n) is 10.3. The molecule has 16 heavy (non-hydrogen) atoms. The van der Waals surface area contributed by atoms with Gasteiger partial charge in [0, 0.05) is 12.0 Å². The molecule has 1 unspecified atom stereocenters. The van der Waals surface area contributed by atoms with Gasteiger partial charge in [0.2, 0.25) is 0 Å². The third-order valence-corrected chi connectivity index (χ3v) is 3.60. The number of benzene rings is 1. The molecule has 1 aromatic carbocycles. The fourth-order valence-electron chi connectivity index (χ4n) is 2.78. The Morgan fingerprint density at radius 1 is 1.31 bits per heavy atom. The summed E-state index contributed by atoms with van der Waals surface area (Å²) in [6.45, 7) is 6.41. The van der Waals surface area contributed by atoms with E-state index in [4.69, 9.17) is 10.5 Å². The Labute approximate surface area is 97.8 Å². The lowest BCUT2D eigenvalue weighted by molar-refractivity contribution is -0.0284. The molecule has 1 fully saturated rings. The van der Waals surface area contributed by atoms with Crippen LogP contribution in [0.5, 0.6) is 0 Å². The summed E-state index contributed by atoms with van der Waals surface area (Å²) in [6, 6.07) is 10.4. The Morgan fingerprint density at radius 3 is 2.44 bits per heavy atom. The van der Waals surface area contributed by atoms with Gasteiger partial charge in [-0.05, 0) is 32.8 Å². The Hall–Kier alpha value is -0.860. The van der Waals surface area contributed by atoms with Crippen molar-refractivity contribution in [3.8, 4) is 0 Å². The second kappa shape index (κ2) is 4.19. The molecule has 1 aromatic rings. The van der Waals surface area contributed by atoms with Crippen molar-refractivity contribution in [3.63, 3.8) is 0 Å². The van der Waals surface area contributed by atoms with E-state index < -0.39 is 0 Å². The molecular weight excluding hydrogens is 198 g/mol. The van der Waals surface area contributed by atoms with E-state index >= 15 is 0 Å². The summed E-state index contributed by atoms with van der Waals surface area (Å²) in [5, 5.41) is 0. The van der Waals surface area contributed by atoms with Gasteiger partial charge in [0.05, 0.1) is 11.7 Å². The molecule has 0 bridgehead atoms. The van der Waals surface area contributed by atoms with Crippen molar-refractivity contribution in [1.29, 1.82) is 0 Å². The van der Waals surface area contributed by atoms with Gasteiger partial charge in [-0.25, -0.2) is 0 Å². The minimum atomic E-state index is -0.116. The third kappa shape index (κ3) is 2.13. The van der Waals surface area contributed by atoms with Crippen LogP contribution in [0.1, 0.15) is 38.8 Å². The lowest BCUT2D eigenvalue weighted by Gasteiger charge is -2.30. The molecule has 1 aliphatic heterocycles. The van der Waals surface area contributed by atoms with Crippen molar-refractivity contribution in [2.24, 2.45) is 11.7 Å². The van der Waals surface area contributed by atoms with E-state index in [0.29, 0.717) is 12.0 Å². The molecule has 1 aliphatic rings. The highest BCUT2D eigenvalue weighted by Crippen LogP contribution is 2.41. The van der Waals surface area contributed by atoms with Crippen molar-refractivity contribution in [3.05, 3.63) is 35.9 Å². The Balaban J connectivity index is 2.19. The van der Waals surface area contributed by atoms with Gasteiger partial charge in [0.1, 0.15) is 0 Å². The minimum absolute atomic E-state index is 0.0705. The second-order valence-electron chi connectivity index (χ2n) is 5.31. The van der Waals surface area contributed by atoms with Gasteiger partial charge in [-0.1, -0.05) is 30.3 Å². The van der Waals surface area contributed by atoms with Crippen LogP contribution in [0.4, 0.5) is 0 Å². The van der Waals surface area contributed by atoms with Crippen LogP contribution in [0.2, 0.25) is 0 Å². The van der Waals surface area contributed by atoms with Crippen LogP contribution in [-0.2, 0) is 4.74 Å². The number of hydrogen-bond donors (Lipinski definition) is 1. The van der Waals surface area contributed by atoms with Crippen LogP contribution in [0.3, 0.4) is 0 Å². The molecule has 0 amide bonds. The number of ether oxygens (including phenoxy) is 1. The molecule has 2 N–H and O–H groups in total. The molecular formula is C14H21NO. The number of hydrogen-bond acceptors (Lipinski definition) is 2. The number of nitrogens with two attached hydrogens (primary N) is 1. The van der Waals surface area contributed by atoms with Crippen molar-refractivity contribution < 1.29 is 4.74 Å². The van der Waals surface area contributed by atoms with Crippen LogP contribution >= 0.6 is 0 Å². The summed E-state index contributed by atoms with van der Waals surface area (Å²) in [6.07, 6.45) is 1.36. The molecule has 1 saturated heterocycles. The second-order valence-corrected chi connectivity index (χ2v) is 5.31. The van der Waals surface area contributed by atoms with E-state index in [1.807, 2.05) is 18.2 Å². The third-order valence-electron chi connectivity index (χ3n) is 3.60. The lowest BCUT2D eigenvalue weighted by Crippen LogP contribution is -2.35. The largest absolute Gasteiger partial charge is 0.372 e. The Bertz CT molecular complexity index is 347. The predicted octanol–water partition coefficient (Wildman–Crippen LogP) is 2.89. The van der Waals surface area contributed by atoms with Crippen LogP contribution in [0.25, 0.3) is 0 Å². The maximum absolute atomic E-state index is 6.36. The fourth-order valence-corrected chi connectivity index (χ4v) is 2.78. The average molecular weight is 219 g/mol. The smallest absolute Gasteiger partial charge is 0.0677 e. The molecule has 0 saturated carbocycles. The first-order valence-corrected chi connectivity index (χ1v) is 5.99. The topological polar surface area (TPSA) is 35.2 Å². The summed E-state index contributed by atoms with van der Waals surface area (Å²) in [7, 11) is 0. The van der Waals surface area contributed by atoms with E-state index in [9.17, 15) is 0 Å². The first-order chi connectivity index (χ1) is 7.50. The predicted molar refractivity (Wildman–Crippen MR) is 66.1 cm³/mol. The molecule has 1 heterocycles. The highest BCUT2D eigenvalue weighted by atomic mass is 16.5. The molecule has 0 aromatic heterocycles. The summed E-state index contributed by atoms with van der Waals surface area (Å²) < 4.78 is 5.92. The molecule has 2 nitrogen and oxygen atoms in total. The van der Waals surface area contributed by atoms with E-state index in [-0.39, 0.29) is 11.6 Å². The van der Waals surface area contributed by atoms with Crippen LogP contribution < -0.4 is 5.73 Å². The first-order valence-electron chi connectivity index (χ1n) is 5.99. The molecule has 0 spiro atoms. The highest BCUT2D eigenvalue weighted by Gasteiger charge is 2.43. The monoisotopic (exact) mass is 219 g/mol. The zero-order valence-corrected chi connectivity index (χ0v) is 10.3. The summed E-state index contributed by atoms with van der Waals surface area (Å²) in [4.78, 5) is 0. The molecule has 88 valence electrons. The van der Waals surface area contributed by atoms with Gasteiger partial charge >= 0.3 is 0 Å². The van der Waals surface area contributed by atoms with Gasteiger partial charge < -0.3 is 10.5 Å². The van der Waals surface area contributed by atoms with Crippen LogP contribution in [0.15, 0.2) is 30.3 Å². The first kappa shape index (κ1) is 11.6. The summed E-state index contributed by atoms with van der Waals surface area (Å²) in [5.74, 6) is 0.393. The van der Waals surface area contributed by atoms with Crippen molar-refractivity contribution in [2.45, 2.75) is 44.9 Å². The van der Waals surface area contributed by atoms with Gasteiger partial charge in [0.15, 0.2) is 0 Å². The summed E-state index contributed by atoms with van der Waals surface area (Å²) in [5.41, 5.74) is 7.45. The standard InChI is InChI=1S/C14H21NO/c1-10-9-12(14(2,3)16-10)13(15)11-7-5-4-6-8-11/h4-8,10,12-13H,9,15H2,1-3H3/t10?,12-,13+/m1/s1. The van der Waals surface area contributed by atoms with Crippen LogP contribution in [-0.4, -0.2) is 11.7 Å². The van der Waals surface area contributed by atoms with E-state index in [1.165, 1.54) is 5.56 Å². The van der Waals surface area contributed by atoms with Crippen molar-refractivity contribution >= 4 is 0 Å². The molecule has 2 heteroatoms. The summed E-state index contributed by atoms with van der Waals surface area (Å²) >= 11 is 0. The highest BCUT2D eigenvalue weighted by molar-refractivity contribution is 5.20. The molecule has 0 aliphatic carbocycles. The zero-order chi connectivity index (χ0) is 11.8. The van der Waals surface area contributed by atoms with Gasteiger partial charge in [0.25, 0.3) is 0 Å². The molecule has 0 radical (unpaired) electrons. The van der Waals surface area contributed by atoms with Crippen molar-refractivity contribution in [1.82, 2.24) is 0 Å². The van der Waals surface area contributed by atoms with Crippen molar-refractivity contribution in [2.75, 3.05) is 0 Å². The van der Waals surface area contributed by atoms with Crippen LogP contribution in [0, 0.1) is 5.92 Å². The van der Waals surface area contributed by atoms with E-state index in [0.717, 1.165) is 6.42 Å². The van der Waals surface area contributed by atoms with E-state index in [1.54, 1.807) is 0 Å². The molecule has 2 rings (SSSR count). The van der Waals surface area contributed by atoms with Gasteiger partial charge in [-0.15, -0.1) is 0 Å². The maximum Gasteiger partial charge on any atom is 0.0677 e. The normalized spacial score (nSPS) is 30.2. The Kier molecular flexibility index (Phi) is 3.04. The lowest BCUT2D eigenvalue weighted by atomic mass is 9.81. The average Bonchev–Trinajstić information content (AvgIpc) is 2.52.